The van der Waals surface area contributed by atoms with Gasteiger partial charge in [-0.25, -0.2) is 4.79 Å². The number of aryl methyl sites for hydroxylation is 1. The van der Waals surface area contributed by atoms with E-state index in [0.717, 1.165) is 48.1 Å². The van der Waals surface area contributed by atoms with Crippen molar-refractivity contribution in [3.05, 3.63) is 41.1 Å². The molecule has 1 fully saturated rings. The third kappa shape index (κ3) is 4.11. The summed E-state index contributed by atoms with van der Waals surface area (Å²) in [4.78, 5) is 31.3. The average molecular weight is 370 g/mol. The summed E-state index contributed by atoms with van der Waals surface area (Å²) >= 11 is 0. The highest BCUT2D eigenvalue weighted by molar-refractivity contribution is 5.98. The second kappa shape index (κ2) is 8.48. The molecule has 0 N–H and O–H groups in total. The highest BCUT2D eigenvalue weighted by Gasteiger charge is 2.28. The summed E-state index contributed by atoms with van der Waals surface area (Å²) in [6, 6.07) is 7.82. The molecule has 0 aliphatic carbocycles. The first-order valence-corrected chi connectivity index (χ1v) is 9.40. The van der Waals surface area contributed by atoms with Gasteiger partial charge in [0.2, 0.25) is 0 Å². The van der Waals surface area contributed by atoms with Crippen LogP contribution in [0.2, 0.25) is 0 Å². The van der Waals surface area contributed by atoms with E-state index in [2.05, 4.69) is 4.90 Å². The predicted octanol–water partition coefficient (Wildman–Crippen LogP) is 3.10. The fourth-order valence-electron chi connectivity index (χ4n) is 3.73. The van der Waals surface area contributed by atoms with Crippen LogP contribution < -0.4 is 0 Å². The van der Waals surface area contributed by atoms with Crippen molar-refractivity contribution in [2.24, 2.45) is 5.92 Å². The minimum atomic E-state index is -0.359. The summed E-state index contributed by atoms with van der Waals surface area (Å²) in [7, 11) is 1.39. The number of likely N-dealkylation sites (tertiary alicyclic amines) is 1. The third-order valence-corrected chi connectivity index (χ3v) is 5.20. The lowest BCUT2D eigenvalue weighted by Gasteiger charge is -2.31. The molecule has 1 aliphatic rings. The molecule has 1 saturated heterocycles. The van der Waals surface area contributed by atoms with E-state index in [1.54, 1.807) is 0 Å². The molecule has 0 bridgehead atoms. The van der Waals surface area contributed by atoms with Gasteiger partial charge in [-0.05, 0) is 51.4 Å². The van der Waals surface area contributed by atoms with Crippen LogP contribution in [0.4, 0.5) is 0 Å². The molecule has 27 heavy (non-hydrogen) atoms. The zero-order chi connectivity index (χ0) is 19.4. The quantitative estimate of drug-likeness (QED) is 0.754. The molecule has 1 aliphatic heterocycles. The molecule has 6 heteroatoms. The SMILES string of the molecule is CCOC(=O)C1CCN(Cc2nc3ccccc3c(C)c2C(=O)OC)CC1. The van der Waals surface area contributed by atoms with E-state index in [9.17, 15) is 9.59 Å². The van der Waals surface area contributed by atoms with E-state index in [0.29, 0.717) is 18.7 Å². The molecule has 1 aromatic heterocycles. The summed E-state index contributed by atoms with van der Waals surface area (Å²) < 4.78 is 10.1. The van der Waals surface area contributed by atoms with Crippen LogP contribution in [0.5, 0.6) is 0 Å². The zero-order valence-electron chi connectivity index (χ0n) is 16.2. The molecular weight excluding hydrogens is 344 g/mol. The highest BCUT2D eigenvalue weighted by Crippen LogP contribution is 2.26. The molecule has 2 heterocycles. The molecule has 3 rings (SSSR count). The Kier molecular flexibility index (Phi) is 6.06. The topological polar surface area (TPSA) is 68.7 Å². The van der Waals surface area contributed by atoms with Crippen molar-refractivity contribution in [1.29, 1.82) is 0 Å². The Morgan fingerprint density at radius 3 is 2.59 bits per heavy atom. The van der Waals surface area contributed by atoms with Crippen LogP contribution in [-0.2, 0) is 20.8 Å². The number of hydrogen-bond donors (Lipinski definition) is 0. The number of esters is 2. The minimum Gasteiger partial charge on any atom is -0.466 e. The molecule has 0 unspecified atom stereocenters. The monoisotopic (exact) mass is 370 g/mol. The highest BCUT2D eigenvalue weighted by atomic mass is 16.5. The number of hydrogen-bond acceptors (Lipinski definition) is 6. The molecular formula is C21H26N2O4. The lowest BCUT2D eigenvalue weighted by Crippen LogP contribution is -2.37. The molecule has 0 radical (unpaired) electrons. The number of benzene rings is 1. The summed E-state index contributed by atoms with van der Waals surface area (Å²) in [5.74, 6) is -0.498. The number of para-hydroxylation sites is 1. The number of aromatic nitrogens is 1. The van der Waals surface area contributed by atoms with Gasteiger partial charge in [0.25, 0.3) is 0 Å². The zero-order valence-corrected chi connectivity index (χ0v) is 16.2. The van der Waals surface area contributed by atoms with Crippen LogP contribution in [0.1, 0.15) is 41.4 Å². The van der Waals surface area contributed by atoms with Gasteiger partial charge in [0, 0.05) is 11.9 Å². The molecule has 2 aromatic rings. The Morgan fingerprint density at radius 1 is 1.22 bits per heavy atom. The van der Waals surface area contributed by atoms with Gasteiger partial charge in [-0.2, -0.15) is 0 Å². The predicted molar refractivity (Wildman–Crippen MR) is 102 cm³/mol. The molecule has 0 atom stereocenters. The molecule has 0 saturated carbocycles. The van der Waals surface area contributed by atoms with Crippen molar-refractivity contribution in [3.63, 3.8) is 0 Å². The molecule has 6 nitrogen and oxygen atoms in total. The van der Waals surface area contributed by atoms with Gasteiger partial charge in [-0.1, -0.05) is 18.2 Å². The van der Waals surface area contributed by atoms with Crippen LogP contribution in [0, 0.1) is 12.8 Å². The Hall–Kier alpha value is -2.47. The summed E-state index contributed by atoms with van der Waals surface area (Å²) in [5.41, 5.74) is 3.04. The van der Waals surface area contributed by atoms with Gasteiger partial charge in [0.15, 0.2) is 0 Å². The standard InChI is InChI=1S/C21H26N2O4/c1-4-27-20(24)15-9-11-23(12-10-15)13-18-19(21(25)26-3)14(2)16-7-5-6-8-17(16)22-18/h5-8,15H,4,9-13H2,1-3H3. The van der Waals surface area contributed by atoms with Crippen molar-refractivity contribution in [3.8, 4) is 0 Å². The van der Waals surface area contributed by atoms with Crippen LogP contribution in [-0.4, -0.2) is 48.6 Å². The molecule has 0 spiro atoms. The van der Waals surface area contributed by atoms with E-state index in [1.165, 1.54) is 7.11 Å². The van der Waals surface area contributed by atoms with E-state index in [-0.39, 0.29) is 17.9 Å². The van der Waals surface area contributed by atoms with Gasteiger partial charge in [-0.15, -0.1) is 0 Å². The summed E-state index contributed by atoms with van der Waals surface area (Å²) in [5, 5.41) is 0.961. The Morgan fingerprint density at radius 2 is 1.93 bits per heavy atom. The average Bonchev–Trinajstić information content (AvgIpc) is 2.68. The maximum atomic E-state index is 12.4. The molecule has 0 amide bonds. The van der Waals surface area contributed by atoms with E-state index >= 15 is 0 Å². The van der Waals surface area contributed by atoms with Crippen LogP contribution >= 0.6 is 0 Å². The normalized spacial score (nSPS) is 15.7. The maximum absolute atomic E-state index is 12.4. The second-order valence-electron chi connectivity index (χ2n) is 6.87. The van der Waals surface area contributed by atoms with E-state index < -0.39 is 0 Å². The van der Waals surface area contributed by atoms with Crippen molar-refractivity contribution in [2.45, 2.75) is 33.2 Å². The Labute approximate surface area is 159 Å². The van der Waals surface area contributed by atoms with Gasteiger partial charge in [-0.3, -0.25) is 14.7 Å². The largest absolute Gasteiger partial charge is 0.466 e. The lowest BCUT2D eigenvalue weighted by atomic mass is 9.96. The summed E-state index contributed by atoms with van der Waals surface area (Å²) in [6.45, 7) is 6.30. The van der Waals surface area contributed by atoms with Crippen LogP contribution in [0.25, 0.3) is 10.9 Å². The number of carbonyl (C=O) groups is 2. The van der Waals surface area contributed by atoms with Gasteiger partial charge in [0.1, 0.15) is 0 Å². The molecule has 1 aromatic carbocycles. The van der Waals surface area contributed by atoms with Crippen molar-refractivity contribution < 1.29 is 19.1 Å². The number of carbonyl (C=O) groups excluding carboxylic acids is 2. The van der Waals surface area contributed by atoms with Crippen molar-refractivity contribution in [1.82, 2.24) is 9.88 Å². The number of rotatable bonds is 5. The Bertz CT molecular complexity index is 841. The number of nitrogens with zero attached hydrogens (tertiary/aromatic N) is 2. The number of methoxy groups -OCH3 is 1. The van der Waals surface area contributed by atoms with Crippen molar-refractivity contribution in [2.75, 3.05) is 26.8 Å². The number of fused-ring (bicyclic) bond motifs is 1. The number of piperidine rings is 1. The lowest BCUT2D eigenvalue weighted by molar-refractivity contribution is -0.149. The third-order valence-electron chi connectivity index (χ3n) is 5.20. The van der Waals surface area contributed by atoms with Crippen LogP contribution in [0.3, 0.4) is 0 Å². The fourth-order valence-corrected chi connectivity index (χ4v) is 3.73. The number of pyridine rings is 1. The Balaban J connectivity index is 1.82. The van der Waals surface area contributed by atoms with Gasteiger partial charge < -0.3 is 9.47 Å². The smallest absolute Gasteiger partial charge is 0.340 e. The van der Waals surface area contributed by atoms with E-state index in [4.69, 9.17) is 14.5 Å². The van der Waals surface area contributed by atoms with E-state index in [1.807, 2.05) is 38.1 Å². The minimum absolute atomic E-state index is 0.0347. The first-order valence-electron chi connectivity index (χ1n) is 9.40. The fraction of sp³-hybridized carbons (Fsp3) is 0.476. The van der Waals surface area contributed by atoms with Crippen molar-refractivity contribution >= 4 is 22.8 Å². The number of ether oxygens (including phenoxy) is 2. The first-order chi connectivity index (χ1) is 13.0. The summed E-state index contributed by atoms with van der Waals surface area (Å²) in [6.07, 6.45) is 1.53. The molecule has 144 valence electrons. The van der Waals surface area contributed by atoms with Gasteiger partial charge >= 0.3 is 11.9 Å². The van der Waals surface area contributed by atoms with Crippen LogP contribution in [0.15, 0.2) is 24.3 Å². The first kappa shape index (κ1) is 19.3. The maximum Gasteiger partial charge on any atom is 0.340 e. The van der Waals surface area contributed by atoms with Gasteiger partial charge in [0.05, 0.1) is 36.4 Å². The second-order valence-corrected chi connectivity index (χ2v) is 6.87.